The van der Waals surface area contributed by atoms with E-state index in [0.717, 1.165) is 5.57 Å². The molecule has 0 saturated carbocycles. The van der Waals surface area contributed by atoms with Crippen molar-refractivity contribution in [2.24, 2.45) is 10.7 Å². The molecule has 5 heteroatoms. The second-order valence-corrected chi connectivity index (χ2v) is 4.06. The lowest BCUT2D eigenvalue weighted by Crippen LogP contribution is -2.16. The third kappa shape index (κ3) is 3.64. The van der Waals surface area contributed by atoms with E-state index in [0.29, 0.717) is 29.4 Å². The van der Waals surface area contributed by atoms with E-state index in [1.165, 1.54) is 14.0 Å². The standard InChI is InChI=1S/C14H19N3O2/c1-5-11(9(2)15)13(10(3)18)17-12-7-6-8-16-14(12)19-4/h6-8H,5,15H2,1-4H3. The lowest BCUT2D eigenvalue weighted by molar-refractivity contribution is -0.111. The van der Waals surface area contributed by atoms with E-state index in [1.54, 1.807) is 25.3 Å². The van der Waals surface area contributed by atoms with Crippen molar-refractivity contribution in [3.8, 4) is 5.88 Å². The quantitative estimate of drug-likeness (QED) is 0.825. The summed E-state index contributed by atoms with van der Waals surface area (Å²) in [4.78, 5) is 20.2. The maximum atomic E-state index is 11.8. The van der Waals surface area contributed by atoms with Crippen molar-refractivity contribution in [3.05, 3.63) is 29.6 Å². The van der Waals surface area contributed by atoms with Gasteiger partial charge >= 0.3 is 0 Å². The fourth-order valence-corrected chi connectivity index (χ4v) is 1.74. The average Bonchev–Trinajstić information content (AvgIpc) is 2.38. The summed E-state index contributed by atoms with van der Waals surface area (Å²) in [6.45, 7) is 5.17. The average molecular weight is 261 g/mol. The summed E-state index contributed by atoms with van der Waals surface area (Å²) in [6.07, 6.45) is 2.25. The second kappa shape index (κ2) is 6.68. The summed E-state index contributed by atoms with van der Waals surface area (Å²) in [5, 5.41) is 0. The molecule has 0 aliphatic carbocycles. The van der Waals surface area contributed by atoms with Crippen LogP contribution in [-0.4, -0.2) is 23.6 Å². The van der Waals surface area contributed by atoms with Crippen molar-refractivity contribution >= 4 is 17.2 Å². The fraction of sp³-hybridized carbons (Fsp3) is 0.357. The van der Waals surface area contributed by atoms with Crippen molar-refractivity contribution in [1.82, 2.24) is 4.98 Å². The zero-order valence-corrected chi connectivity index (χ0v) is 11.7. The number of pyridine rings is 1. The van der Waals surface area contributed by atoms with Gasteiger partial charge in [-0.15, -0.1) is 0 Å². The van der Waals surface area contributed by atoms with E-state index in [9.17, 15) is 4.79 Å². The Morgan fingerprint density at radius 3 is 2.63 bits per heavy atom. The SMILES string of the molecule is CCC(C(=Nc1cccnc1OC)C(C)=O)=C(C)N. The van der Waals surface area contributed by atoms with Gasteiger partial charge in [0, 0.05) is 18.8 Å². The Morgan fingerprint density at radius 1 is 1.47 bits per heavy atom. The Balaban J connectivity index is 3.38. The number of aliphatic imine (C=N–C) groups is 1. The number of aromatic nitrogens is 1. The molecule has 19 heavy (non-hydrogen) atoms. The Morgan fingerprint density at radius 2 is 2.16 bits per heavy atom. The van der Waals surface area contributed by atoms with Crippen molar-refractivity contribution < 1.29 is 9.53 Å². The molecule has 1 aromatic rings. The molecule has 0 bridgehead atoms. The number of Topliss-reactive ketones (excluding diaryl/α,β-unsaturated/α-hetero) is 1. The molecule has 1 aromatic heterocycles. The lowest BCUT2D eigenvalue weighted by atomic mass is 10.0. The zero-order chi connectivity index (χ0) is 14.4. The van der Waals surface area contributed by atoms with Gasteiger partial charge in [0.05, 0.1) is 7.11 Å². The number of hydrogen-bond donors (Lipinski definition) is 1. The minimum absolute atomic E-state index is 0.132. The van der Waals surface area contributed by atoms with Crippen LogP contribution in [0.4, 0.5) is 5.69 Å². The van der Waals surface area contributed by atoms with Gasteiger partial charge in [-0.25, -0.2) is 9.98 Å². The van der Waals surface area contributed by atoms with Crippen molar-refractivity contribution in [2.45, 2.75) is 27.2 Å². The van der Waals surface area contributed by atoms with Gasteiger partial charge in [-0.3, -0.25) is 4.79 Å². The van der Waals surface area contributed by atoms with Crippen LogP contribution >= 0.6 is 0 Å². The number of allylic oxidation sites excluding steroid dienone is 2. The van der Waals surface area contributed by atoms with Crippen LogP contribution in [-0.2, 0) is 4.79 Å². The molecule has 0 saturated heterocycles. The van der Waals surface area contributed by atoms with Crippen LogP contribution in [0.1, 0.15) is 27.2 Å². The van der Waals surface area contributed by atoms with Gasteiger partial charge in [0.25, 0.3) is 0 Å². The predicted octanol–water partition coefficient (Wildman–Crippen LogP) is 2.39. The first-order valence-electron chi connectivity index (χ1n) is 6.05. The van der Waals surface area contributed by atoms with E-state index >= 15 is 0 Å². The molecule has 5 nitrogen and oxygen atoms in total. The summed E-state index contributed by atoms with van der Waals surface area (Å²) in [7, 11) is 1.51. The van der Waals surface area contributed by atoms with Crippen LogP contribution < -0.4 is 10.5 Å². The van der Waals surface area contributed by atoms with E-state index in [1.807, 2.05) is 6.92 Å². The minimum Gasteiger partial charge on any atom is -0.479 e. The molecule has 2 N–H and O–H groups in total. The molecule has 102 valence electrons. The molecule has 1 rings (SSSR count). The van der Waals surface area contributed by atoms with Gasteiger partial charge in [-0.05, 0) is 31.1 Å². The highest BCUT2D eigenvalue weighted by molar-refractivity contribution is 6.46. The van der Waals surface area contributed by atoms with Crippen LogP contribution in [0, 0.1) is 0 Å². The molecular weight excluding hydrogens is 242 g/mol. The first-order valence-corrected chi connectivity index (χ1v) is 6.05. The third-order valence-electron chi connectivity index (χ3n) is 2.63. The molecular formula is C14H19N3O2. The highest BCUT2D eigenvalue weighted by atomic mass is 16.5. The van der Waals surface area contributed by atoms with E-state index in [-0.39, 0.29) is 5.78 Å². The Bertz CT molecular complexity index is 529. The van der Waals surface area contributed by atoms with Gasteiger partial charge in [-0.2, -0.15) is 0 Å². The largest absolute Gasteiger partial charge is 0.479 e. The summed E-state index contributed by atoms with van der Waals surface area (Å²) in [6, 6.07) is 3.48. The molecule has 0 amide bonds. The number of methoxy groups -OCH3 is 1. The van der Waals surface area contributed by atoms with Crippen molar-refractivity contribution in [1.29, 1.82) is 0 Å². The van der Waals surface area contributed by atoms with Crippen molar-refractivity contribution in [2.75, 3.05) is 7.11 Å². The Hall–Kier alpha value is -2.17. The van der Waals surface area contributed by atoms with Gasteiger partial charge < -0.3 is 10.5 Å². The first kappa shape index (κ1) is 14.9. The molecule has 0 aliphatic rings. The summed E-state index contributed by atoms with van der Waals surface area (Å²) in [5.41, 5.74) is 8.03. The summed E-state index contributed by atoms with van der Waals surface area (Å²) in [5.74, 6) is 0.249. The molecule has 0 aromatic carbocycles. The second-order valence-electron chi connectivity index (χ2n) is 4.06. The maximum absolute atomic E-state index is 11.8. The highest BCUT2D eigenvalue weighted by Gasteiger charge is 2.14. The summed E-state index contributed by atoms with van der Waals surface area (Å²) < 4.78 is 5.12. The van der Waals surface area contributed by atoms with E-state index < -0.39 is 0 Å². The topological polar surface area (TPSA) is 77.6 Å². The molecule has 0 unspecified atom stereocenters. The van der Waals surface area contributed by atoms with Crippen molar-refractivity contribution in [3.63, 3.8) is 0 Å². The van der Waals surface area contributed by atoms with Crippen LogP contribution in [0.15, 0.2) is 34.6 Å². The van der Waals surface area contributed by atoms with E-state index in [2.05, 4.69) is 9.98 Å². The highest BCUT2D eigenvalue weighted by Crippen LogP contribution is 2.25. The number of nitrogens with two attached hydrogens (primary N) is 1. The van der Waals surface area contributed by atoms with Gasteiger partial charge in [0.2, 0.25) is 5.88 Å². The fourth-order valence-electron chi connectivity index (χ4n) is 1.74. The number of carbonyl (C=O) groups is 1. The zero-order valence-electron chi connectivity index (χ0n) is 11.7. The maximum Gasteiger partial charge on any atom is 0.239 e. The summed E-state index contributed by atoms with van der Waals surface area (Å²) >= 11 is 0. The number of ketones is 1. The Labute approximate surface area is 113 Å². The lowest BCUT2D eigenvalue weighted by Gasteiger charge is -2.09. The number of nitrogens with zero attached hydrogens (tertiary/aromatic N) is 2. The smallest absolute Gasteiger partial charge is 0.239 e. The normalized spacial score (nSPS) is 12.9. The minimum atomic E-state index is -0.132. The Kier molecular flexibility index (Phi) is 5.23. The van der Waals surface area contributed by atoms with Gasteiger partial charge in [0.1, 0.15) is 11.4 Å². The van der Waals surface area contributed by atoms with Gasteiger partial charge in [-0.1, -0.05) is 6.92 Å². The van der Waals surface area contributed by atoms with Gasteiger partial charge in [0.15, 0.2) is 5.78 Å². The predicted molar refractivity (Wildman–Crippen MR) is 75.7 cm³/mol. The van der Waals surface area contributed by atoms with E-state index in [4.69, 9.17) is 10.5 Å². The molecule has 0 atom stereocenters. The third-order valence-corrected chi connectivity index (χ3v) is 2.63. The molecule has 0 fully saturated rings. The number of ether oxygens (including phenoxy) is 1. The molecule has 0 spiro atoms. The van der Waals surface area contributed by atoms with Crippen LogP contribution in [0.5, 0.6) is 5.88 Å². The number of rotatable bonds is 5. The first-order chi connectivity index (χ1) is 9.01. The van der Waals surface area contributed by atoms with Crippen LogP contribution in [0.25, 0.3) is 0 Å². The van der Waals surface area contributed by atoms with Crippen LogP contribution in [0.2, 0.25) is 0 Å². The number of hydrogen-bond acceptors (Lipinski definition) is 5. The molecule has 1 heterocycles. The number of carbonyl (C=O) groups excluding carboxylic acids is 1. The molecule has 0 radical (unpaired) electrons. The van der Waals surface area contributed by atoms with Crippen LogP contribution in [0.3, 0.4) is 0 Å². The monoisotopic (exact) mass is 261 g/mol. The molecule has 0 aliphatic heterocycles.